The topological polar surface area (TPSA) is 74.2 Å². The number of nitrogens with zero attached hydrogens (tertiary/aromatic N) is 5. The van der Waals surface area contributed by atoms with Crippen LogP contribution in [0.15, 0.2) is 48.9 Å². The average Bonchev–Trinajstić information content (AvgIpc) is 3.18. The Hall–Kier alpha value is -3.55. The van der Waals surface area contributed by atoms with Crippen LogP contribution < -0.4 is 15.1 Å². The molecule has 34 heavy (non-hydrogen) atoms. The molecule has 1 amide bonds. The lowest BCUT2D eigenvalue weighted by Gasteiger charge is -2.38. The summed E-state index contributed by atoms with van der Waals surface area (Å²) in [5, 5.41) is 3.01. The Morgan fingerprint density at radius 2 is 1.85 bits per heavy atom. The first kappa shape index (κ1) is 22.3. The van der Waals surface area contributed by atoms with Gasteiger partial charge in [-0.05, 0) is 37.3 Å². The largest absolute Gasteiger partial charge is 0.354 e. The third-order valence-corrected chi connectivity index (χ3v) is 6.79. The Kier molecular flexibility index (Phi) is 5.67. The van der Waals surface area contributed by atoms with E-state index in [0.29, 0.717) is 40.2 Å². The van der Waals surface area contributed by atoms with Crippen LogP contribution in [0.4, 0.5) is 21.8 Å². The standard InChI is InChI=1S/C26H29FN6O/c1-17-9-12-33(17)25-29-14-18(15-30-25)24(34)31-22-20(19-6-4-5-7-21(19)27)8-11-28-23(22)32-13-10-26(2,3)16-32/h4-8,11,14-15,17H,9-10,12-13,16H2,1-3H3,(H,31,34). The molecule has 176 valence electrons. The number of halogens is 1. The van der Waals surface area contributed by atoms with Crippen molar-refractivity contribution in [2.75, 3.05) is 34.8 Å². The van der Waals surface area contributed by atoms with Gasteiger partial charge in [-0.1, -0.05) is 32.0 Å². The third kappa shape index (κ3) is 4.20. The molecule has 1 atom stereocenters. The highest BCUT2D eigenvalue weighted by atomic mass is 19.1. The zero-order valence-electron chi connectivity index (χ0n) is 19.8. The molecule has 1 unspecified atom stereocenters. The van der Waals surface area contributed by atoms with Gasteiger partial charge >= 0.3 is 0 Å². The molecule has 2 fully saturated rings. The number of benzene rings is 1. The van der Waals surface area contributed by atoms with Crippen LogP contribution in [0, 0.1) is 11.2 Å². The van der Waals surface area contributed by atoms with Crippen LogP contribution in [0.25, 0.3) is 11.1 Å². The minimum Gasteiger partial charge on any atom is -0.354 e. The van der Waals surface area contributed by atoms with Gasteiger partial charge < -0.3 is 15.1 Å². The summed E-state index contributed by atoms with van der Waals surface area (Å²) in [4.78, 5) is 30.9. The van der Waals surface area contributed by atoms with E-state index in [1.807, 2.05) is 0 Å². The molecule has 5 rings (SSSR count). The van der Waals surface area contributed by atoms with Crippen LogP contribution >= 0.6 is 0 Å². The van der Waals surface area contributed by atoms with E-state index in [1.165, 1.54) is 6.07 Å². The Labute approximate surface area is 199 Å². The van der Waals surface area contributed by atoms with Gasteiger partial charge in [-0.3, -0.25) is 4.79 Å². The summed E-state index contributed by atoms with van der Waals surface area (Å²) in [5.41, 5.74) is 1.98. The van der Waals surface area contributed by atoms with Gasteiger partial charge in [0.05, 0.1) is 11.3 Å². The Balaban J connectivity index is 1.50. The van der Waals surface area contributed by atoms with Crippen molar-refractivity contribution < 1.29 is 9.18 Å². The lowest BCUT2D eigenvalue weighted by atomic mass is 9.93. The monoisotopic (exact) mass is 460 g/mol. The van der Waals surface area contributed by atoms with Gasteiger partial charge in [-0.2, -0.15) is 0 Å². The summed E-state index contributed by atoms with van der Waals surface area (Å²) in [7, 11) is 0. The summed E-state index contributed by atoms with van der Waals surface area (Å²) in [5.74, 6) is 0.567. The molecule has 2 saturated heterocycles. The molecule has 8 heteroatoms. The second-order valence-corrected chi connectivity index (χ2v) is 9.93. The molecular weight excluding hydrogens is 431 g/mol. The molecule has 2 aliphatic heterocycles. The normalized spacial score (nSPS) is 19.1. The van der Waals surface area contributed by atoms with Gasteiger partial charge in [0.15, 0.2) is 5.82 Å². The van der Waals surface area contributed by atoms with Gasteiger partial charge in [0.2, 0.25) is 5.95 Å². The molecule has 1 N–H and O–H groups in total. The highest BCUT2D eigenvalue weighted by molar-refractivity contribution is 6.08. The van der Waals surface area contributed by atoms with Crippen molar-refractivity contribution in [1.82, 2.24) is 15.0 Å². The summed E-state index contributed by atoms with van der Waals surface area (Å²) >= 11 is 0. The lowest BCUT2D eigenvalue weighted by molar-refractivity contribution is 0.102. The quantitative estimate of drug-likeness (QED) is 0.592. The summed E-state index contributed by atoms with van der Waals surface area (Å²) in [6, 6.07) is 8.72. The first-order valence-electron chi connectivity index (χ1n) is 11.7. The molecule has 4 heterocycles. The first-order chi connectivity index (χ1) is 16.3. The Morgan fingerprint density at radius 1 is 1.09 bits per heavy atom. The van der Waals surface area contributed by atoms with Gasteiger partial charge in [-0.15, -0.1) is 0 Å². The molecule has 2 aromatic heterocycles. The van der Waals surface area contributed by atoms with Crippen molar-refractivity contribution in [2.24, 2.45) is 5.41 Å². The van der Waals surface area contributed by atoms with E-state index in [1.54, 1.807) is 42.9 Å². The Bertz CT molecular complexity index is 1210. The van der Waals surface area contributed by atoms with Crippen molar-refractivity contribution in [3.8, 4) is 11.1 Å². The minimum absolute atomic E-state index is 0.134. The van der Waals surface area contributed by atoms with Gasteiger partial charge in [-0.25, -0.2) is 19.3 Å². The second-order valence-electron chi connectivity index (χ2n) is 9.93. The molecule has 2 aliphatic rings. The van der Waals surface area contributed by atoms with Gasteiger partial charge in [0, 0.05) is 55.4 Å². The van der Waals surface area contributed by atoms with E-state index < -0.39 is 0 Å². The fourth-order valence-electron chi connectivity index (χ4n) is 4.60. The van der Waals surface area contributed by atoms with Crippen molar-refractivity contribution in [3.05, 3.63) is 60.3 Å². The number of carbonyl (C=O) groups is 1. The van der Waals surface area contributed by atoms with Gasteiger partial charge in [0.1, 0.15) is 5.82 Å². The van der Waals surface area contributed by atoms with Crippen LogP contribution in [0.2, 0.25) is 0 Å². The number of anilines is 3. The van der Waals surface area contributed by atoms with Crippen molar-refractivity contribution in [1.29, 1.82) is 0 Å². The molecule has 0 spiro atoms. The molecule has 1 aromatic carbocycles. The van der Waals surface area contributed by atoms with E-state index in [9.17, 15) is 9.18 Å². The number of amides is 1. The van der Waals surface area contributed by atoms with E-state index in [2.05, 4.69) is 50.8 Å². The average molecular weight is 461 g/mol. The van der Waals surface area contributed by atoms with E-state index >= 15 is 0 Å². The molecular formula is C26H29FN6O. The molecule has 0 bridgehead atoms. The third-order valence-electron chi connectivity index (χ3n) is 6.79. The number of rotatable bonds is 5. The number of hydrogen-bond acceptors (Lipinski definition) is 6. The fraction of sp³-hybridized carbons (Fsp3) is 0.385. The number of hydrogen-bond donors (Lipinski definition) is 1. The smallest absolute Gasteiger partial charge is 0.258 e. The molecule has 0 radical (unpaired) electrons. The number of pyridine rings is 1. The maximum absolute atomic E-state index is 14.8. The Morgan fingerprint density at radius 3 is 2.47 bits per heavy atom. The first-order valence-corrected chi connectivity index (χ1v) is 11.7. The van der Waals surface area contributed by atoms with Crippen LogP contribution in [-0.2, 0) is 0 Å². The summed E-state index contributed by atoms with van der Waals surface area (Å²) < 4.78 is 14.8. The van der Waals surface area contributed by atoms with Crippen LogP contribution in [0.1, 0.15) is 44.0 Å². The predicted octanol–water partition coefficient (Wildman–Crippen LogP) is 4.76. The highest BCUT2D eigenvalue weighted by Gasteiger charge is 2.32. The zero-order chi connectivity index (χ0) is 23.9. The minimum atomic E-state index is -0.353. The maximum Gasteiger partial charge on any atom is 0.258 e. The molecule has 0 saturated carbocycles. The van der Waals surface area contributed by atoms with Crippen molar-refractivity contribution in [2.45, 2.75) is 39.7 Å². The van der Waals surface area contributed by atoms with Crippen LogP contribution in [-0.4, -0.2) is 46.5 Å². The molecule has 7 nitrogen and oxygen atoms in total. The number of carbonyl (C=O) groups excluding carboxylic acids is 1. The summed E-state index contributed by atoms with van der Waals surface area (Å²) in [6.45, 7) is 9.09. The van der Waals surface area contributed by atoms with E-state index in [0.717, 1.165) is 32.5 Å². The van der Waals surface area contributed by atoms with Crippen molar-refractivity contribution in [3.63, 3.8) is 0 Å². The lowest BCUT2D eigenvalue weighted by Crippen LogP contribution is -2.46. The highest BCUT2D eigenvalue weighted by Crippen LogP contribution is 2.40. The number of nitrogens with one attached hydrogen (secondary N) is 1. The van der Waals surface area contributed by atoms with Crippen molar-refractivity contribution >= 4 is 23.4 Å². The van der Waals surface area contributed by atoms with E-state index in [4.69, 9.17) is 0 Å². The van der Waals surface area contributed by atoms with Crippen LogP contribution in [0.5, 0.6) is 0 Å². The second kappa shape index (κ2) is 8.66. The SMILES string of the molecule is CC1CCN1c1ncc(C(=O)Nc2c(-c3ccccc3F)ccnc2N2CCC(C)(C)C2)cn1. The van der Waals surface area contributed by atoms with Crippen LogP contribution in [0.3, 0.4) is 0 Å². The van der Waals surface area contributed by atoms with E-state index in [-0.39, 0.29) is 17.1 Å². The fourth-order valence-corrected chi connectivity index (χ4v) is 4.60. The maximum atomic E-state index is 14.8. The molecule has 0 aliphatic carbocycles. The van der Waals surface area contributed by atoms with Gasteiger partial charge in [0.25, 0.3) is 5.91 Å². The zero-order valence-corrected chi connectivity index (χ0v) is 19.8. The predicted molar refractivity (Wildman–Crippen MR) is 132 cm³/mol. The summed E-state index contributed by atoms with van der Waals surface area (Å²) in [6.07, 6.45) is 6.88. The molecule has 3 aromatic rings. The number of aromatic nitrogens is 3.